The summed E-state index contributed by atoms with van der Waals surface area (Å²) in [6, 6.07) is 0.677. The number of rotatable bonds is 8. The lowest BCUT2D eigenvalue weighted by Crippen LogP contribution is -2.41. The van der Waals surface area contributed by atoms with Crippen LogP contribution in [0.25, 0.3) is 0 Å². The maximum Gasteiger partial charge on any atom is 0.0585 e. The van der Waals surface area contributed by atoms with Gasteiger partial charge in [-0.3, -0.25) is 0 Å². The van der Waals surface area contributed by atoms with Gasteiger partial charge in [-0.15, -0.1) is 0 Å². The zero-order valence-electron chi connectivity index (χ0n) is 13.2. The van der Waals surface area contributed by atoms with E-state index in [9.17, 15) is 5.11 Å². The summed E-state index contributed by atoms with van der Waals surface area (Å²) in [5.74, 6) is 0.854. The second kappa shape index (κ2) is 8.90. The van der Waals surface area contributed by atoms with E-state index in [0.717, 1.165) is 18.9 Å². The van der Waals surface area contributed by atoms with Gasteiger partial charge in [-0.2, -0.15) is 0 Å². The summed E-state index contributed by atoms with van der Waals surface area (Å²) in [6.07, 6.45) is 3.68. The highest BCUT2D eigenvalue weighted by molar-refractivity contribution is 4.74. The van der Waals surface area contributed by atoms with Crippen molar-refractivity contribution < 1.29 is 5.11 Å². The number of aliphatic hydroxyl groups excluding tert-OH is 1. The Labute approximate surface area is 119 Å². The molecule has 2 N–H and O–H groups in total. The first-order valence-corrected chi connectivity index (χ1v) is 7.75. The van der Waals surface area contributed by atoms with E-state index in [0.29, 0.717) is 6.04 Å². The molecular formula is C15H33N3O. The number of nitrogens with zero attached hydrogens (tertiary/aromatic N) is 2. The quantitative estimate of drug-likeness (QED) is 0.691. The summed E-state index contributed by atoms with van der Waals surface area (Å²) in [4.78, 5) is 4.85. The molecule has 1 heterocycles. The molecule has 1 atom stereocenters. The van der Waals surface area contributed by atoms with E-state index < -0.39 is 0 Å². The summed E-state index contributed by atoms with van der Waals surface area (Å²) >= 11 is 0. The Bertz CT molecular complexity index is 227. The minimum Gasteiger partial charge on any atom is -0.395 e. The lowest BCUT2D eigenvalue weighted by molar-refractivity contribution is 0.165. The normalized spacial score (nSPS) is 20.4. The molecule has 4 nitrogen and oxygen atoms in total. The molecule has 0 spiro atoms. The average Bonchev–Trinajstić information content (AvgIpc) is 2.37. The molecule has 0 radical (unpaired) electrons. The van der Waals surface area contributed by atoms with Crippen LogP contribution in [0.4, 0.5) is 0 Å². The van der Waals surface area contributed by atoms with Crippen LogP contribution < -0.4 is 5.32 Å². The van der Waals surface area contributed by atoms with E-state index in [1.807, 2.05) is 0 Å². The number of likely N-dealkylation sites (tertiary alicyclic amines) is 1. The standard InChI is InChI=1S/C15H33N3O/c1-13(2)16-15(12-19)7-10-18(4)11-14-5-8-17(3)9-6-14/h13-16,19H,5-12H2,1-4H3. The van der Waals surface area contributed by atoms with Crippen LogP contribution in [0.15, 0.2) is 0 Å². The van der Waals surface area contributed by atoms with Gasteiger partial charge in [0.2, 0.25) is 0 Å². The van der Waals surface area contributed by atoms with Crippen molar-refractivity contribution >= 4 is 0 Å². The predicted molar refractivity (Wildman–Crippen MR) is 81.5 cm³/mol. The highest BCUT2D eigenvalue weighted by Gasteiger charge is 2.18. The van der Waals surface area contributed by atoms with E-state index in [-0.39, 0.29) is 12.6 Å². The van der Waals surface area contributed by atoms with Crippen LogP contribution in [0.3, 0.4) is 0 Å². The maximum atomic E-state index is 9.35. The van der Waals surface area contributed by atoms with Crippen molar-refractivity contribution in [2.75, 3.05) is 46.9 Å². The van der Waals surface area contributed by atoms with Gasteiger partial charge in [-0.1, -0.05) is 13.8 Å². The number of hydrogen-bond acceptors (Lipinski definition) is 4. The van der Waals surface area contributed by atoms with Gasteiger partial charge >= 0.3 is 0 Å². The van der Waals surface area contributed by atoms with Crippen molar-refractivity contribution in [3.05, 3.63) is 0 Å². The molecule has 1 aliphatic heterocycles. The van der Waals surface area contributed by atoms with Crippen LogP contribution in [0.5, 0.6) is 0 Å². The average molecular weight is 271 g/mol. The van der Waals surface area contributed by atoms with Crippen molar-refractivity contribution in [2.45, 2.75) is 45.2 Å². The Morgan fingerprint density at radius 1 is 1.32 bits per heavy atom. The second-order valence-corrected chi connectivity index (χ2v) is 6.50. The molecule has 0 aromatic carbocycles. The SMILES string of the molecule is CC(C)NC(CO)CCN(C)CC1CCN(C)CC1. The fraction of sp³-hybridized carbons (Fsp3) is 1.00. The van der Waals surface area contributed by atoms with Gasteiger partial charge in [0.15, 0.2) is 0 Å². The van der Waals surface area contributed by atoms with E-state index in [1.165, 1.54) is 32.5 Å². The summed E-state index contributed by atoms with van der Waals surface area (Å²) in [5, 5.41) is 12.8. The highest BCUT2D eigenvalue weighted by atomic mass is 16.3. The van der Waals surface area contributed by atoms with Crippen molar-refractivity contribution in [3.8, 4) is 0 Å². The first-order chi connectivity index (χ1) is 9.01. The van der Waals surface area contributed by atoms with Gasteiger partial charge in [-0.05, 0) is 58.9 Å². The molecule has 1 fully saturated rings. The zero-order valence-corrected chi connectivity index (χ0v) is 13.2. The van der Waals surface area contributed by atoms with Gasteiger partial charge < -0.3 is 20.2 Å². The molecule has 1 unspecified atom stereocenters. The zero-order chi connectivity index (χ0) is 14.3. The van der Waals surface area contributed by atoms with E-state index in [1.54, 1.807) is 0 Å². The maximum absolute atomic E-state index is 9.35. The van der Waals surface area contributed by atoms with Crippen molar-refractivity contribution in [3.63, 3.8) is 0 Å². The van der Waals surface area contributed by atoms with Gasteiger partial charge in [-0.25, -0.2) is 0 Å². The summed E-state index contributed by atoms with van der Waals surface area (Å²) in [7, 11) is 4.42. The van der Waals surface area contributed by atoms with Crippen LogP contribution in [0.2, 0.25) is 0 Å². The Balaban J connectivity index is 2.17. The van der Waals surface area contributed by atoms with Crippen LogP contribution in [-0.4, -0.2) is 73.9 Å². The predicted octanol–water partition coefficient (Wildman–Crippen LogP) is 1.01. The fourth-order valence-corrected chi connectivity index (χ4v) is 2.85. The summed E-state index contributed by atoms with van der Waals surface area (Å²) in [5.41, 5.74) is 0. The Hall–Kier alpha value is -0.160. The Morgan fingerprint density at radius 2 is 1.95 bits per heavy atom. The molecule has 0 saturated carbocycles. The van der Waals surface area contributed by atoms with Crippen molar-refractivity contribution in [1.82, 2.24) is 15.1 Å². The van der Waals surface area contributed by atoms with Crippen LogP contribution in [-0.2, 0) is 0 Å². The molecule has 0 aliphatic carbocycles. The first-order valence-electron chi connectivity index (χ1n) is 7.75. The van der Waals surface area contributed by atoms with Gasteiger partial charge in [0.25, 0.3) is 0 Å². The van der Waals surface area contributed by atoms with Gasteiger partial charge in [0, 0.05) is 18.6 Å². The number of piperidine rings is 1. The first kappa shape index (κ1) is 16.9. The second-order valence-electron chi connectivity index (χ2n) is 6.50. The van der Waals surface area contributed by atoms with Crippen molar-refractivity contribution in [2.24, 2.45) is 5.92 Å². The van der Waals surface area contributed by atoms with E-state index in [2.05, 4.69) is 43.1 Å². The monoisotopic (exact) mass is 271 g/mol. The molecule has 1 aliphatic rings. The van der Waals surface area contributed by atoms with Crippen LogP contribution in [0.1, 0.15) is 33.1 Å². The molecular weight excluding hydrogens is 238 g/mol. The molecule has 1 saturated heterocycles. The summed E-state index contributed by atoms with van der Waals surface area (Å²) in [6.45, 7) is 9.25. The molecule has 0 amide bonds. The van der Waals surface area contributed by atoms with E-state index >= 15 is 0 Å². The van der Waals surface area contributed by atoms with Crippen LogP contribution in [0, 0.1) is 5.92 Å². The van der Waals surface area contributed by atoms with Crippen LogP contribution >= 0.6 is 0 Å². The topological polar surface area (TPSA) is 38.7 Å². The molecule has 4 heteroatoms. The smallest absolute Gasteiger partial charge is 0.0585 e. The van der Waals surface area contributed by atoms with Gasteiger partial charge in [0.05, 0.1) is 6.61 Å². The third-order valence-corrected chi connectivity index (χ3v) is 4.06. The largest absolute Gasteiger partial charge is 0.395 e. The molecule has 114 valence electrons. The molecule has 19 heavy (non-hydrogen) atoms. The number of hydrogen-bond donors (Lipinski definition) is 2. The highest BCUT2D eigenvalue weighted by Crippen LogP contribution is 2.16. The fourth-order valence-electron chi connectivity index (χ4n) is 2.85. The summed E-state index contributed by atoms with van der Waals surface area (Å²) < 4.78 is 0. The molecule has 0 aromatic heterocycles. The molecule has 0 bridgehead atoms. The lowest BCUT2D eigenvalue weighted by atomic mass is 9.96. The Kier molecular flexibility index (Phi) is 7.91. The minimum absolute atomic E-state index is 0.236. The van der Waals surface area contributed by atoms with Crippen molar-refractivity contribution in [1.29, 1.82) is 0 Å². The Morgan fingerprint density at radius 3 is 2.47 bits per heavy atom. The number of nitrogens with one attached hydrogen (secondary N) is 1. The third-order valence-electron chi connectivity index (χ3n) is 4.06. The molecule has 0 aromatic rings. The number of aliphatic hydroxyl groups is 1. The van der Waals surface area contributed by atoms with E-state index in [4.69, 9.17) is 0 Å². The van der Waals surface area contributed by atoms with Gasteiger partial charge in [0.1, 0.15) is 0 Å². The molecule has 1 rings (SSSR count). The third kappa shape index (κ3) is 7.25. The minimum atomic E-state index is 0.236. The lowest BCUT2D eigenvalue weighted by Gasteiger charge is -2.32.